The molecule has 0 bridgehead atoms. The molecule has 0 radical (unpaired) electrons. The zero-order valence-electron chi connectivity index (χ0n) is 9.68. The molecule has 0 N–H and O–H groups in total. The lowest BCUT2D eigenvalue weighted by Crippen LogP contribution is -2.11. The molecular weight excluding hydrogens is 190 g/mol. The van der Waals surface area contributed by atoms with Crippen LogP contribution in [0.15, 0.2) is 6.33 Å². The molecule has 1 aromatic rings. The first-order chi connectivity index (χ1) is 7.13. The summed E-state index contributed by atoms with van der Waals surface area (Å²) in [6, 6.07) is 0. The fraction of sp³-hybridized carbons (Fsp3) is 0.727. The molecule has 0 saturated heterocycles. The standard InChI is InChI=1S/C11H19N3O/c1-9(2)6-14-11(12-8-13-14)5-4-10(3)7-15/h7-10H,4-6H2,1-3H3. The summed E-state index contributed by atoms with van der Waals surface area (Å²) in [5, 5.41) is 4.18. The Hall–Kier alpha value is -1.19. The summed E-state index contributed by atoms with van der Waals surface area (Å²) in [6.45, 7) is 7.12. The summed E-state index contributed by atoms with van der Waals surface area (Å²) in [7, 11) is 0. The number of aromatic nitrogens is 3. The van der Waals surface area contributed by atoms with Crippen molar-refractivity contribution in [2.45, 2.75) is 40.2 Å². The molecule has 84 valence electrons. The van der Waals surface area contributed by atoms with Crippen molar-refractivity contribution in [2.75, 3.05) is 0 Å². The molecule has 4 nitrogen and oxygen atoms in total. The Balaban J connectivity index is 2.53. The van der Waals surface area contributed by atoms with Gasteiger partial charge in [-0.05, 0) is 12.3 Å². The summed E-state index contributed by atoms with van der Waals surface area (Å²) in [4.78, 5) is 14.7. The van der Waals surface area contributed by atoms with Crippen LogP contribution in [-0.2, 0) is 17.8 Å². The Morgan fingerprint density at radius 1 is 1.47 bits per heavy atom. The highest BCUT2D eigenvalue weighted by Gasteiger charge is 2.08. The Kier molecular flexibility index (Phi) is 4.46. The van der Waals surface area contributed by atoms with E-state index >= 15 is 0 Å². The molecule has 0 aromatic carbocycles. The van der Waals surface area contributed by atoms with Crippen molar-refractivity contribution in [1.82, 2.24) is 14.8 Å². The van der Waals surface area contributed by atoms with E-state index < -0.39 is 0 Å². The molecule has 0 saturated carbocycles. The molecule has 0 aliphatic rings. The van der Waals surface area contributed by atoms with Crippen LogP contribution in [0.3, 0.4) is 0 Å². The number of hydrogen-bond donors (Lipinski definition) is 0. The molecule has 0 amide bonds. The van der Waals surface area contributed by atoms with E-state index in [1.807, 2.05) is 11.6 Å². The van der Waals surface area contributed by atoms with Crippen LogP contribution in [0.1, 0.15) is 33.0 Å². The lowest BCUT2D eigenvalue weighted by atomic mass is 10.1. The van der Waals surface area contributed by atoms with Gasteiger partial charge >= 0.3 is 0 Å². The fourth-order valence-corrected chi connectivity index (χ4v) is 1.40. The predicted octanol–water partition coefficient (Wildman–Crippen LogP) is 1.70. The largest absolute Gasteiger partial charge is 0.303 e. The zero-order chi connectivity index (χ0) is 11.3. The smallest absolute Gasteiger partial charge is 0.138 e. The van der Waals surface area contributed by atoms with Crippen LogP contribution in [-0.4, -0.2) is 21.1 Å². The van der Waals surface area contributed by atoms with Gasteiger partial charge < -0.3 is 4.79 Å². The van der Waals surface area contributed by atoms with Crippen molar-refractivity contribution in [2.24, 2.45) is 11.8 Å². The number of aryl methyl sites for hydroxylation is 1. The summed E-state index contributed by atoms with van der Waals surface area (Å²) in [6.07, 6.45) is 4.25. The number of hydrogen-bond acceptors (Lipinski definition) is 3. The van der Waals surface area contributed by atoms with Crippen LogP contribution in [0, 0.1) is 11.8 Å². The first-order valence-corrected chi connectivity index (χ1v) is 5.45. The Morgan fingerprint density at radius 3 is 2.80 bits per heavy atom. The quantitative estimate of drug-likeness (QED) is 0.670. The van der Waals surface area contributed by atoms with Gasteiger partial charge in [0.15, 0.2) is 0 Å². The molecule has 1 atom stereocenters. The van der Waals surface area contributed by atoms with Gasteiger partial charge in [-0.15, -0.1) is 0 Å². The van der Waals surface area contributed by atoms with Crippen molar-refractivity contribution < 1.29 is 4.79 Å². The molecule has 1 aromatic heterocycles. The van der Waals surface area contributed by atoms with Crippen LogP contribution < -0.4 is 0 Å². The molecular formula is C11H19N3O. The number of nitrogens with zero attached hydrogens (tertiary/aromatic N) is 3. The van der Waals surface area contributed by atoms with E-state index in [2.05, 4.69) is 23.9 Å². The van der Waals surface area contributed by atoms with E-state index in [0.717, 1.165) is 31.5 Å². The van der Waals surface area contributed by atoms with Gasteiger partial charge in [-0.1, -0.05) is 20.8 Å². The highest BCUT2D eigenvalue weighted by Crippen LogP contribution is 2.07. The van der Waals surface area contributed by atoms with Crippen molar-refractivity contribution in [3.05, 3.63) is 12.2 Å². The van der Waals surface area contributed by atoms with Crippen LogP contribution >= 0.6 is 0 Å². The number of carbonyl (C=O) groups is 1. The Morgan fingerprint density at radius 2 is 2.20 bits per heavy atom. The number of aldehydes is 1. The molecule has 0 fully saturated rings. The average molecular weight is 209 g/mol. The second kappa shape index (κ2) is 5.63. The molecule has 1 heterocycles. The van der Waals surface area contributed by atoms with Crippen LogP contribution in [0.5, 0.6) is 0 Å². The Labute approximate surface area is 90.7 Å². The highest BCUT2D eigenvalue weighted by molar-refractivity contribution is 5.52. The van der Waals surface area contributed by atoms with Crippen LogP contribution in [0.25, 0.3) is 0 Å². The first-order valence-electron chi connectivity index (χ1n) is 5.45. The fourth-order valence-electron chi connectivity index (χ4n) is 1.40. The highest BCUT2D eigenvalue weighted by atomic mass is 16.1. The molecule has 4 heteroatoms. The molecule has 0 aliphatic carbocycles. The van der Waals surface area contributed by atoms with Crippen molar-refractivity contribution in [3.8, 4) is 0 Å². The zero-order valence-corrected chi connectivity index (χ0v) is 9.68. The van der Waals surface area contributed by atoms with Gasteiger partial charge in [0, 0.05) is 18.9 Å². The second-order valence-corrected chi connectivity index (χ2v) is 4.40. The van der Waals surface area contributed by atoms with Gasteiger partial charge in [0.05, 0.1) is 0 Å². The minimum Gasteiger partial charge on any atom is -0.303 e. The van der Waals surface area contributed by atoms with E-state index in [9.17, 15) is 4.79 Å². The van der Waals surface area contributed by atoms with Crippen molar-refractivity contribution >= 4 is 6.29 Å². The number of rotatable bonds is 6. The summed E-state index contributed by atoms with van der Waals surface area (Å²) >= 11 is 0. The third-order valence-corrected chi connectivity index (χ3v) is 2.29. The van der Waals surface area contributed by atoms with Crippen LogP contribution in [0.4, 0.5) is 0 Å². The van der Waals surface area contributed by atoms with E-state index in [0.29, 0.717) is 5.92 Å². The second-order valence-electron chi connectivity index (χ2n) is 4.40. The maximum absolute atomic E-state index is 10.5. The number of carbonyl (C=O) groups excluding carboxylic acids is 1. The molecule has 1 rings (SSSR count). The summed E-state index contributed by atoms with van der Waals surface area (Å²) in [5.74, 6) is 1.65. The maximum atomic E-state index is 10.5. The SMILES string of the molecule is CC(C)Cn1ncnc1CCC(C)C=O. The normalized spacial score (nSPS) is 13.1. The van der Waals surface area contributed by atoms with E-state index in [1.54, 1.807) is 6.33 Å². The summed E-state index contributed by atoms with van der Waals surface area (Å²) in [5.41, 5.74) is 0. The van der Waals surface area contributed by atoms with Crippen molar-refractivity contribution in [3.63, 3.8) is 0 Å². The van der Waals surface area contributed by atoms with Gasteiger partial charge in [0.1, 0.15) is 18.4 Å². The predicted molar refractivity (Wildman–Crippen MR) is 58.4 cm³/mol. The Bertz CT molecular complexity index is 307. The molecule has 0 aliphatic heterocycles. The minimum atomic E-state index is 0.106. The lowest BCUT2D eigenvalue weighted by Gasteiger charge is -2.08. The monoisotopic (exact) mass is 209 g/mol. The van der Waals surface area contributed by atoms with E-state index in [4.69, 9.17) is 0 Å². The maximum Gasteiger partial charge on any atom is 0.138 e. The minimum absolute atomic E-state index is 0.106. The van der Waals surface area contributed by atoms with Gasteiger partial charge in [-0.25, -0.2) is 9.67 Å². The van der Waals surface area contributed by atoms with Gasteiger partial charge in [0.25, 0.3) is 0 Å². The van der Waals surface area contributed by atoms with E-state index in [1.165, 1.54) is 0 Å². The molecule has 1 unspecified atom stereocenters. The van der Waals surface area contributed by atoms with Gasteiger partial charge in [-0.2, -0.15) is 5.10 Å². The third-order valence-electron chi connectivity index (χ3n) is 2.29. The van der Waals surface area contributed by atoms with E-state index in [-0.39, 0.29) is 5.92 Å². The average Bonchev–Trinajstić information content (AvgIpc) is 2.61. The third kappa shape index (κ3) is 3.81. The lowest BCUT2D eigenvalue weighted by molar-refractivity contribution is -0.110. The van der Waals surface area contributed by atoms with Gasteiger partial charge in [0.2, 0.25) is 0 Å². The molecule has 0 spiro atoms. The molecule has 15 heavy (non-hydrogen) atoms. The first kappa shape index (κ1) is 11.9. The van der Waals surface area contributed by atoms with Crippen LogP contribution in [0.2, 0.25) is 0 Å². The topological polar surface area (TPSA) is 47.8 Å². The van der Waals surface area contributed by atoms with Gasteiger partial charge in [-0.3, -0.25) is 0 Å². The summed E-state index contributed by atoms with van der Waals surface area (Å²) < 4.78 is 1.93. The van der Waals surface area contributed by atoms with Crippen molar-refractivity contribution in [1.29, 1.82) is 0 Å².